The SMILES string of the molecule is c1cnc2ncnc(NCC3CN(c4ccc5nncn5n4)C3)c2c1. The van der Waals surface area contributed by atoms with Crippen molar-refractivity contribution in [2.45, 2.75) is 0 Å². The number of aromatic nitrogens is 7. The van der Waals surface area contributed by atoms with Crippen molar-refractivity contribution in [3.63, 3.8) is 0 Å². The first-order valence-electron chi connectivity index (χ1n) is 8.08. The number of pyridine rings is 1. The summed E-state index contributed by atoms with van der Waals surface area (Å²) >= 11 is 0. The lowest BCUT2D eigenvalue weighted by Gasteiger charge is -2.40. The van der Waals surface area contributed by atoms with Gasteiger partial charge in [0.2, 0.25) is 0 Å². The number of fused-ring (bicyclic) bond motifs is 2. The maximum atomic E-state index is 4.52. The molecule has 0 atom stereocenters. The van der Waals surface area contributed by atoms with Crippen LogP contribution in [0.2, 0.25) is 0 Å². The van der Waals surface area contributed by atoms with Gasteiger partial charge in [0, 0.05) is 31.7 Å². The molecular formula is C16H15N9. The highest BCUT2D eigenvalue weighted by Crippen LogP contribution is 2.24. The van der Waals surface area contributed by atoms with Crippen molar-refractivity contribution < 1.29 is 0 Å². The summed E-state index contributed by atoms with van der Waals surface area (Å²) in [5.41, 5.74) is 1.47. The monoisotopic (exact) mass is 333 g/mol. The summed E-state index contributed by atoms with van der Waals surface area (Å²) in [7, 11) is 0. The number of rotatable bonds is 4. The van der Waals surface area contributed by atoms with Crippen LogP contribution in [0.5, 0.6) is 0 Å². The molecule has 1 saturated heterocycles. The van der Waals surface area contributed by atoms with Crippen LogP contribution in [0.4, 0.5) is 11.6 Å². The summed E-state index contributed by atoms with van der Waals surface area (Å²) in [4.78, 5) is 15.0. The van der Waals surface area contributed by atoms with E-state index in [-0.39, 0.29) is 0 Å². The summed E-state index contributed by atoms with van der Waals surface area (Å²) in [6.45, 7) is 2.76. The molecule has 9 heteroatoms. The molecule has 1 N–H and O–H groups in total. The van der Waals surface area contributed by atoms with Gasteiger partial charge in [-0.1, -0.05) is 0 Å². The van der Waals surface area contributed by atoms with Gasteiger partial charge in [-0.05, 0) is 24.3 Å². The number of nitrogens with one attached hydrogen (secondary N) is 1. The highest BCUT2D eigenvalue weighted by Gasteiger charge is 2.28. The van der Waals surface area contributed by atoms with Crippen molar-refractivity contribution in [3.8, 4) is 0 Å². The Labute approximate surface area is 142 Å². The van der Waals surface area contributed by atoms with E-state index in [9.17, 15) is 0 Å². The molecule has 0 spiro atoms. The average Bonchev–Trinajstić information content (AvgIpc) is 3.08. The molecule has 0 bridgehead atoms. The van der Waals surface area contributed by atoms with Crippen LogP contribution >= 0.6 is 0 Å². The Morgan fingerprint density at radius 3 is 3.04 bits per heavy atom. The molecule has 9 nitrogen and oxygen atoms in total. The topological polar surface area (TPSA) is 97.0 Å². The van der Waals surface area contributed by atoms with Crippen molar-refractivity contribution >= 4 is 28.3 Å². The smallest absolute Gasteiger partial charge is 0.177 e. The van der Waals surface area contributed by atoms with E-state index in [2.05, 4.69) is 40.5 Å². The Morgan fingerprint density at radius 1 is 1.12 bits per heavy atom. The van der Waals surface area contributed by atoms with E-state index in [0.717, 1.165) is 42.3 Å². The summed E-state index contributed by atoms with van der Waals surface area (Å²) in [6, 6.07) is 7.79. The minimum absolute atomic E-state index is 0.542. The Kier molecular flexibility index (Phi) is 3.15. The molecule has 5 rings (SSSR count). The van der Waals surface area contributed by atoms with Gasteiger partial charge in [0.05, 0.1) is 5.39 Å². The van der Waals surface area contributed by atoms with E-state index in [1.54, 1.807) is 23.4 Å². The normalized spacial score (nSPS) is 14.8. The van der Waals surface area contributed by atoms with Gasteiger partial charge in [-0.15, -0.1) is 15.3 Å². The first-order chi connectivity index (χ1) is 12.4. The molecule has 0 unspecified atom stereocenters. The van der Waals surface area contributed by atoms with E-state index in [0.29, 0.717) is 11.6 Å². The second-order valence-electron chi connectivity index (χ2n) is 6.07. The van der Waals surface area contributed by atoms with Crippen LogP contribution in [0.25, 0.3) is 16.7 Å². The van der Waals surface area contributed by atoms with Crippen LogP contribution < -0.4 is 10.2 Å². The minimum atomic E-state index is 0.542. The molecule has 124 valence electrons. The van der Waals surface area contributed by atoms with Gasteiger partial charge in [-0.25, -0.2) is 15.0 Å². The fraction of sp³-hybridized carbons (Fsp3) is 0.250. The van der Waals surface area contributed by atoms with E-state index < -0.39 is 0 Å². The first kappa shape index (κ1) is 14.0. The molecule has 4 aromatic heterocycles. The Bertz CT molecular complexity index is 1030. The van der Waals surface area contributed by atoms with Gasteiger partial charge < -0.3 is 10.2 Å². The molecule has 25 heavy (non-hydrogen) atoms. The van der Waals surface area contributed by atoms with Crippen molar-refractivity contribution in [2.24, 2.45) is 5.92 Å². The summed E-state index contributed by atoms with van der Waals surface area (Å²) in [5, 5.41) is 16.7. The van der Waals surface area contributed by atoms with E-state index in [1.807, 2.05) is 24.3 Å². The third-order valence-electron chi connectivity index (χ3n) is 4.40. The number of anilines is 2. The van der Waals surface area contributed by atoms with Crippen LogP contribution in [0.15, 0.2) is 43.1 Å². The van der Waals surface area contributed by atoms with Gasteiger partial charge in [0.25, 0.3) is 0 Å². The van der Waals surface area contributed by atoms with E-state index in [1.165, 1.54) is 0 Å². The molecule has 1 fully saturated rings. The van der Waals surface area contributed by atoms with Crippen molar-refractivity contribution in [1.29, 1.82) is 0 Å². The van der Waals surface area contributed by atoms with Crippen LogP contribution in [-0.2, 0) is 0 Å². The quantitative estimate of drug-likeness (QED) is 0.591. The largest absolute Gasteiger partial charge is 0.369 e. The molecule has 5 heterocycles. The maximum Gasteiger partial charge on any atom is 0.177 e. The maximum absolute atomic E-state index is 4.52. The zero-order chi connectivity index (χ0) is 16.6. The van der Waals surface area contributed by atoms with Gasteiger partial charge in [0.15, 0.2) is 11.3 Å². The Balaban J connectivity index is 1.24. The first-order valence-corrected chi connectivity index (χ1v) is 8.08. The molecule has 0 aliphatic carbocycles. The van der Waals surface area contributed by atoms with Gasteiger partial charge in [-0.3, -0.25) is 0 Å². The number of hydrogen-bond donors (Lipinski definition) is 1. The lowest BCUT2D eigenvalue weighted by atomic mass is 10.0. The summed E-state index contributed by atoms with van der Waals surface area (Å²) in [5.74, 6) is 2.32. The highest BCUT2D eigenvalue weighted by atomic mass is 15.4. The van der Waals surface area contributed by atoms with E-state index >= 15 is 0 Å². The van der Waals surface area contributed by atoms with Crippen molar-refractivity contribution in [2.75, 3.05) is 29.9 Å². The summed E-state index contributed by atoms with van der Waals surface area (Å²) < 4.78 is 1.70. The molecule has 1 aliphatic heterocycles. The van der Waals surface area contributed by atoms with Crippen LogP contribution in [0.1, 0.15) is 0 Å². The van der Waals surface area contributed by atoms with Crippen molar-refractivity contribution in [3.05, 3.63) is 43.1 Å². The highest BCUT2D eigenvalue weighted by molar-refractivity contribution is 5.85. The molecular weight excluding hydrogens is 318 g/mol. The zero-order valence-corrected chi connectivity index (χ0v) is 13.3. The van der Waals surface area contributed by atoms with Gasteiger partial charge in [-0.2, -0.15) is 4.52 Å². The molecule has 0 aromatic carbocycles. The van der Waals surface area contributed by atoms with Crippen molar-refractivity contribution in [1.82, 2.24) is 34.8 Å². The zero-order valence-electron chi connectivity index (χ0n) is 13.3. The van der Waals surface area contributed by atoms with E-state index in [4.69, 9.17) is 0 Å². The second kappa shape index (κ2) is 5.62. The number of hydrogen-bond acceptors (Lipinski definition) is 8. The third-order valence-corrected chi connectivity index (χ3v) is 4.40. The molecule has 0 radical (unpaired) electrons. The fourth-order valence-corrected chi connectivity index (χ4v) is 3.05. The second-order valence-corrected chi connectivity index (χ2v) is 6.07. The summed E-state index contributed by atoms with van der Waals surface area (Å²) in [6.07, 6.45) is 4.90. The van der Waals surface area contributed by atoms with Gasteiger partial charge in [0.1, 0.15) is 24.3 Å². The molecule has 0 saturated carbocycles. The van der Waals surface area contributed by atoms with Gasteiger partial charge >= 0.3 is 0 Å². The number of nitrogens with zero attached hydrogens (tertiary/aromatic N) is 8. The molecule has 1 aliphatic rings. The standard InChI is InChI=1S/C16H15N9/c1-2-12-15(17-5-1)19-9-20-16(12)18-6-11-7-24(8-11)14-4-3-13-22-21-10-25(13)23-14/h1-5,9-11H,6-8H2,(H,17,18,19,20). The fourth-order valence-electron chi connectivity index (χ4n) is 3.05. The Morgan fingerprint density at radius 2 is 2.08 bits per heavy atom. The molecule has 0 amide bonds. The van der Waals surface area contributed by atoms with Crippen LogP contribution in [0.3, 0.4) is 0 Å². The lowest BCUT2D eigenvalue weighted by molar-refractivity contribution is 0.425. The van der Waals surface area contributed by atoms with Crippen LogP contribution in [-0.4, -0.2) is 54.4 Å². The Hall–Kier alpha value is -3.36. The predicted molar refractivity (Wildman–Crippen MR) is 92.3 cm³/mol. The minimum Gasteiger partial charge on any atom is -0.369 e. The molecule has 4 aromatic rings. The third kappa shape index (κ3) is 2.49. The predicted octanol–water partition coefficient (Wildman–Crippen LogP) is 1.01. The average molecular weight is 333 g/mol. The lowest BCUT2D eigenvalue weighted by Crippen LogP contribution is -2.50. The van der Waals surface area contributed by atoms with Crippen LogP contribution in [0, 0.1) is 5.92 Å².